The fraction of sp³-hybridized carbons (Fsp3) is 0.375. The van der Waals surface area contributed by atoms with Gasteiger partial charge in [-0.05, 0) is 5.56 Å². The molecular weight excluding hydrogens is 302 g/mol. The van der Waals surface area contributed by atoms with Crippen LogP contribution in [0.2, 0.25) is 0 Å². The second kappa shape index (κ2) is 9.04. The molecule has 0 saturated carbocycles. The first-order valence-corrected chi connectivity index (χ1v) is 7.24. The molecule has 0 spiro atoms. The molecule has 1 aliphatic rings. The number of ether oxygens (including phenoxy) is 2. The van der Waals surface area contributed by atoms with E-state index in [2.05, 4.69) is 0 Å². The molecule has 1 aliphatic heterocycles. The highest BCUT2D eigenvalue weighted by atomic mass is 16.7. The van der Waals surface area contributed by atoms with Gasteiger partial charge < -0.3 is 19.4 Å². The summed E-state index contributed by atoms with van der Waals surface area (Å²) in [5.41, 5.74) is 1.07. The van der Waals surface area contributed by atoms with Crippen molar-refractivity contribution in [1.29, 1.82) is 0 Å². The van der Waals surface area contributed by atoms with E-state index in [4.69, 9.17) is 19.4 Å². The third-order valence-electron chi connectivity index (χ3n) is 3.10. The zero-order chi connectivity index (χ0) is 16.5. The van der Waals surface area contributed by atoms with Crippen molar-refractivity contribution < 1.29 is 29.0 Å². The van der Waals surface area contributed by atoms with E-state index < -0.39 is 11.9 Å². The lowest BCUT2D eigenvalue weighted by Gasteiger charge is -2.30. The number of rotatable bonds is 7. The van der Waals surface area contributed by atoms with Crippen LogP contribution in [0.3, 0.4) is 0 Å². The minimum Gasteiger partial charge on any atom is -0.478 e. The number of nitrogens with zero attached hydrogens (tertiary/aromatic N) is 1. The average molecular weight is 321 g/mol. The maximum absolute atomic E-state index is 11.4. The van der Waals surface area contributed by atoms with Crippen LogP contribution >= 0.6 is 0 Å². The van der Waals surface area contributed by atoms with Crippen molar-refractivity contribution in [1.82, 2.24) is 5.06 Å². The minimum atomic E-state index is -1.20. The van der Waals surface area contributed by atoms with Gasteiger partial charge in [-0.25, -0.2) is 9.59 Å². The predicted molar refractivity (Wildman–Crippen MR) is 80.3 cm³/mol. The first-order chi connectivity index (χ1) is 11.1. The Morgan fingerprint density at radius 1 is 1.30 bits per heavy atom. The highest BCUT2D eigenvalue weighted by Crippen LogP contribution is 2.08. The summed E-state index contributed by atoms with van der Waals surface area (Å²) < 4.78 is 11.2. The van der Waals surface area contributed by atoms with E-state index in [1.165, 1.54) is 5.06 Å². The number of carbonyl (C=O) groups excluding carboxylic acids is 1. The van der Waals surface area contributed by atoms with Crippen molar-refractivity contribution in [2.75, 3.05) is 26.3 Å². The molecule has 0 aromatic heterocycles. The fourth-order valence-electron chi connectivity index (χ4n) is 2.06. The van der Waals surface area contributed by atoms with Crippen LogP contribution in [0.5, 0.6) is 0 Å². The van der Waals surface area contributed by atoms with Crippen LogP contribution in [-0.4, -0.2) is 54.5 Å². The molecule has 1 aromatic rings. The van der Waals surface area contributed by atoms with Crippen LogP contribution in [0.1, 0.15) is 5.56 Å². The van der Waals surface area contributed by atoms with Gasteiger partial charge in [-0.2, -0.15) is 0 Å². The molecule has 7 nitrogen and oxygen atoms in total. The maximum atomic E-state index is 11.4. The highest BCUT2D eigenvalue weighted by Gasteiger charge is 2.23. The quantitative estimate of drug-likeness (QED) is 0.750. The van der Waals surface area contributed by atoms with Gasteiger partial charge in [-0.3, -0.25) is 0 Å². The number of morpholine rings is 1. The summed E-state index contributed by atoms with van der Waals surface area (Å²) >= 11 is 0. The molecule has 1 saturated heterocycles. The first-order valence-electron chi connectivity index (χ1n) is 7.24. The Bertz CT molecular complexity index is 545. The predicted octanol–water partition coefficient (Wildman–Crippen LogP) is 1.00. The zero-order valence-corrected chi connectivity index (χ0v) is 12.6. The Morgan fingerprint density at radius 3 is 2.83 bits per heavy atom. The first kappa shape index (κ1) is 17.1. The van der Waals surface area contributed by atoms with Crippen molar-refractivity contribution in [2.45, 2.75) is 12.7 Å². The van der Waals surface area contributed by atoms with Crippen LogP contribution in [0, 0.1) is 0 Å². The number of hydrogen-bond donors (Lipinski definition) is 1. The Labute approximate surface area is 134 Å². The number of carboxylic acids is 1. The van der Waals surface area contributed by atoms with Gasteiger partial charge in [0.1, 0.15) is 0 Å². The van der Waals surface area contributed by atoms with Gasteiger partial charge in [0, 0.05) is 12.2 Å². The van der Waals surface area contributed by atoms with E-state index in [1.54, 1.807) is 0 Å². The topological polar surface area (TPSA) is 85.3 Å². The number of hydrogen-bond acceptors (Lipinski definition) is 6. The van der Waals surface area contributed by atoms with E-state index in [-0.39, 0.29) is 6.10 Å². The van der Waals surface area contributed by atoms with Crippen LogP contribution in [0.4, 0.5) is 0 Å². The number of benzene rings is 1. The van der Waals surface area contributed by atoms with Gasteiger partial charge >= 0.3 is 11.9 Å². The molecule has 1 N–H and O–H groups in total. The number of hydroxylamine groups is 2. The van der Waals surface area contributed by atoms with E-state index in [1.807, 2.05) is 30.3 Å². The van der Waals surface area contributed by atoms with Crippen molar-refractivity contribution in [3.63, 3.8) is 0 Å². The number of aliphatic carboxylic acids is 1. The zero-order valence-electron chi connectivity index (χ0n) is 12.6. The van der Waals surface area contributed by atoms with Crippen molar-refractivity contribution >= 4 is 11.9 Å². The van der Waals surface area contributed by atoms with E-state index in [0.717, 1.165) is 17.7 Å². The fourth-order valence-corrected chi connectivity index (χ4v) is 2.06. The van der Waals surface area contributed by atoms with Crippen LogP contribution in [0.15, 0.2) is 42.5 Å². The highest BCUT2D eigenvalue weighted by molar-refractivity contribution is 5.90. The molecule has 0 bridgehead atoms. The summed E-state index contributed by atoms with van der Waals surface area (Å²) in [5, 5.41) is 9.91. The van der Waals surface area contributed by atoms with Gasteiger partial charge in [-0.15, -0.1) is 5.06 Å². The summed E-state index contributed by atoms with van der Waals surface area (Å²) in [5.74, 6) is -1.92. The molecule has 23 heavy (non-hydrogen) atoms. The Kier molecular flexibility index (Phi) is 6.74. The van der Waals surface area contributed by atoms with Crippen LogP contribution < -0.4 is 0 Å². The number of carboxylic acid groups (broad SMARTS) is 1. The Hall–Kier alpha value is -2.22. The lowest BCUT2D eigenvalue weighted by Crippen LogP contribution is -2.45. The molecule has 1 atom stereocenters. The lowest BCUT2D eigenvalue weighted by molar-refractivity contribution is -0.214. The van der Waals surface area contributed by atoms with Crippen LogP contribution in [0.25, 0.3) is 0 Å². The normalized spacial score (nSPS) is 18.9. The van der Waals surface area contributed by atoms with Crippen molar-refractivity contribution in [2.24, 2.45) is 0 Å². The summed E-state index contributed by atoms with van der Waals surface area (Å²) in [4.78, 5) is 26.8. The molecule has 0 radical (unpaired) electrons. The SMILES string of the molecule is O=C(O)/C=C\C(=O)ON1CCOC(COCc2ccccc2)C1. The van der Waals surface area contributed by atoms with Crippen LogP contribution in [-0.2, 0) is 30.5 Å². The third kappa shape index (κ3) is 6.60. The number of carbonyl (C=O) groups is 2. The minimum absolute atomic E-state index is 0.205. The van der Waals surface area contributed by atoms with E-state index in [9.17, 15) is 9.59 Å². The lowest BCUT2D eigenvalue weighted by atomic mass is 10.2. The van der Waals surface area contributed by atoms with E-state index in [0.29, 0.717) is 32.9 Å². The molecule has 0 aliphatic carbocycles. The second-order valence-electron chi connectivity index (χ2n) is 4.96. The standard InChI is InChI=1S/C16H19NO6/c18-15(19)6-7-16(20)23-17-8-9-22-14(10-17)12-21-11-13-4-2-1-3-5-13/h1-7,14H,8-12H2,(H,18,19)/b7-6-. The van der Waals surface area contributed by atoms with Gasteiger partial charge in [0.25, 0.3) is 0 Å². The van der Waals surface area contributed by atoms with Gasteiger partial charge in [0.2, 0.25) is 0 Å². The maximum Gasteiger partial charge on any atom is 0.349 e. The molecular formula is C16H19NO6. The van der Waals surface area contributed by atoms with Gasteiger partial charge in [0.15, 0.2) is 0 Å². The molecule has 7 heteroatoms. The summed E-state index contributed by atoms with van der Waals surface area (Å²) in [6, 6.07) is 9.79. The van der Waals surface area contributed by atoms with Gasteiger partial charge in [0.05, 0.1) is 39.0 Å². The summed E-state index contributed by atoms with van der Waals surface area (Å²) in [7, 11) is 0. The smallest absolute Gasteiger partial charge is 0.349 e. The molecule has 124 valence electrons. The molecule has 1 unspecified atom stereocenters. The van der Waals surface area contributed by atoms with E-state index >= 15 is 0 Å². The molecule has 1 aromatic carbocycles. The van der Waals surface area contributed by atoms with Crippen molar-refractivity contribution in [3.8, 4) is 0 Å². The second-order valence-corrected chi connectivity index (χ2v) is 4.96. The molecule has 1 heterocycles. The molecule has 1 fully saturated rings. The van der Waals surface area contributed by atoms with Crippen molar-refractivity contribution in [3.05, 3.63) is 48.0 Å². The summed E-state index contributed by atoms with van der Waals surface area (Å²) in [6.45, 7) is 2.09. The molecule has 2 rings (SSSR count). The Balaban J connectivity index is 1.70. The summed E-state index contributed by atoms with van der Waals surface area (Å²) in [6.07, 6.45) is 1.41. The Morgan fingerprint density at radius 2 is 2.09 bits per heavy atom. The largest absolute Gasteiger partial charge is 0.478 e. The monoisotopic (exact) mass is 321 g/mol. The van der Waals surface area contributed by atoms with Gasteiger partial charge in [-0.1, -0.05) is 30.3 Å². The molecule has 0 amide bonds. The average Bonchev–Trinajstić information content (AvgIpc) is 2.54. The third-order valence-corrected chi connectivity index (χ3v) is 3.10.